The van der Waals surface area contributed by atoms with E-state index in [1.165, 1.54) is 7.11 Å². The molecule has 2 rings (SSSR count). The van der Waals surface area contributed by atoms with Gasteiger partial charge in [0.25, 0.3) is 0 Å². The molecule has 0 bridgehead atoms. The van der Waals surface area contributed by atoms with Crippen LogP contribution in [0.2, 0.25) is 5.28 Å². The van der Waals surface area contributed by atoms with Gasteiger partial charge in [-0.3, -0.25) is 4.79 Å². The van der Waals surface area contributed by atoms with Crippen LogP contribution in [0.15, 0.2) is 0 Å². The lowest BCUT2D eigenvalue weighted by molar-refractivity contribution is -0.136. The van der Waals surface area contributed by atoms with Crippen LogP contribution in [0.5, 0.6) is 6.01 Å². The van der Waals surface area contributed by atoms with Gasteiger partial charge in [-0.15, -0.1) is 0 Å². The molecular formula is C12H18ClN5O3. The van der Waals surface area contributed by atoms with Gasteiger partial charge < -0.3 is 20.1 Å². The van der Waals surface area contributed by atoms with Crippen molar-refractivity contribution < 1.29 is 14.6 Å². The number of piperidine rings is 1. The molecule has 1 saturated heterocycles. The van der Waals surface area contributed by atoms with Crippen LogP contribution < -0.4 is 15.0 Å². The molecule has 9 heteroatoms. The fourth-order valence-electron chi connectivity index (χ4n) is 2.35. The number of aliphatic carboxylic acids is 1. The van der Waals surface area contributed by atoms with Gasteiger partial charge in [0.05, 0.1) is 13.7 Å². The van der Waals surface area contributed by atoms with E-state index in [2.05, 4.69) is 20.3 Å². The van der Waals surface area contributed by atoms with Crippen LogP contribution in [0, 0.1) is 5.92 Å². The van der Waals surface area contributed by atoms with Crippen molar-refractivity contribution in [1.29, 1.82) is 0 Å². The molecule has 0 spiro atoms. The van der Waals surface area contributed by atoms with Gasteiger partial charge in [-0.05, 0) is 30.4 Å². The Labute approximate surface area is 127 Å². The van der Waals surface area contributed by atoms with Gasteiger partial charge in [0.15, 0.2) is 0 Å². The molecule has 0 saturated carbocycles. The zero-order chi connectivity index (χ0) is 15.2. The lowest BCUT2D eigenvalue weighted by Gasteiger charge is -2.32. The number of carboxylic acids is 1. The summed E-state index contributed by atoms with van der Waals surface area (Å²) in [7, 11) is 1.48. The van der Waals surface area contributed by atoms with Gasteiger partial charge in [-0.1, -0.05) is 0 Å². The Morgan fingerprint density at radius 3 is 3.05 bits per heavy atom. The number of rotatable bonds is 6. The molecule has 1 fully saturated rings. The first-order chi connectivity index (χ1) is 10.1. The molecule has 1 aromatic rings. The Kier molecular flexibility index (Phi) is 5.51. The number of carbonyl (C=O) groups is 1. The Balaban J connectivity index is 1.97. The number of carboxylic acid groups (broad SMARTS) is 1. The topological polar surface area (TPSA) is 100 Å². The van der Waals surface area contributed by atoms with Crippen molar-refractivity contribution in [3.05, 3.63) is 5.28 Å². The monoisotopic (exact) mass is 315 g/mol. The minimum absolute atomic E-state index is 0.0259. The maximum absolute atomic E-state index is 10.5. The Morgan fingerprint density at radius 1 is 1.52 bits per heavy atom. The zero-order valence-electron chi connectivity index (χ0n) is 11.8. The Bertz CT molecular complexity index is 502. The normalized spacial score (nSPS) is 18.6. The molecule has 1 aliphatic rings. The van der Waals surface area contributed by atoms with E-state index < -0.39 is 5.97 Å². The molecule has 1 atom stereocenters. The predicted molar refractivity (Wildman–Crippen MR) is 76.8 cm³/mol. The van der Waals surface area contributed by atoms with Crippen molar-refractivity contribution in [2.75, 3.05) is 38.2 Å². The van der Waals surface area contributed by atoms with Crippen LogP contribution in [-0.2, 0) is 4.79 Å². The molecule has 2 heterocycles. The van der Waals surface area contributed by atoms with E-state index in [0.29, 0.717) is 18.4 Å². The summed E-state index contributed by atoms with van der Waals surface area (Å²) in [5, 5.41) is 11.7. The average Bonchev–Trinajstić information content (AvgIpc) is 2.46. The Hall–Kier alpha value is -1.67. The maximum Gasteiger partial charge on any atom is 0.322 e. The third-order valence-electron chi connectivity index (χ3n) is 3.27. The third kappa shape index (κ3) is 4.68. The standard InChI is InChI=1S/C12H18ClN5O3/c1-21-12-16-10(13)15-11(17-12)18-4-2-3-8(7-18)5-14-6-9(19)20/h8,14H,2-7H2,1H3,(H,19,20). The van der Waals surface area contributed by atoms with Crippen molar-refractivity contribution in [3.8, 4) is 6.01 Å². The summed E-state index contributed by atoms with van der Waals surface area (Å²) in [4.78, 5) is 24.7. The van der Waals surface area contributed by atoms with E-state index in [4.69, 9.17) is 21.4 Å². The highest BCUT2D eigenvalue weighted by Gasteiger charge is 2.22. The number of hydrogen-bond acceptors (Lipinski definition) is 7. The van der Waals surface area contributed by atoms with Crippen molar-refractivity contribution in [2.45, 2.75) is 12.8 Å². The molecule has 0 radical (unpaired) electrons. The predicted octanol–water partition coefficient (Wildman–Crippen LogP) is 0.424. The first-order valence-electron chi connectivity index (χ1n) is 6.71. The van der Waals surface area contributed by atoms with Gasteiger partial charge >= 0.3 is 12.0 Å². The molecule has 1 aromatic heterocycles. The number of anilines is 1. The summed E-state index contributed by atoms with van der Waals surface area (Å²) in [5.41, 5.74) is 0. The fourth-order valence-corrected chi connectivity index (χ4v) is 2.50. The van der Waals surface area contributed by atoms with Crippen LogP contribution >= 0.6 is 11.6 Å². The van der Waals surface area contributed by atoms with E-state index in [1.54, 1.807) is 0 Å². The summed E-state index contributed by atoms with van der Waals surface area (Å²) in [5.74, 6) is -0.00827. The van der Waals surface area contributed by atoms with Crippen molar-refractivity contribution in [2.24, 2.45) is 5.92 Å². The molecule has 2 N–H and O–H groups in total. The van der Waals surface area contributed by atoms with E-state index in [-0.39, 0.29) is 17.8 Å². The second-order valence-corrected chi connectivity index (χ2v) is 5.21. The largest absolute Gasteiger partial charge is 0.480 e. The van der Waals surface area contributed by atoms with Gasteiger partial charge in [0.2, 0.25) is 11.2 Å². The first-order valence-corrected chi connectivity index (χ1v) is 7.09. The third-order valence-corrected chi connectivity index (χ3v) is 3.44. The molecule has 0 aromatic carbocycles. The molecule has 8 nitrogen and oxygen atoms in total. The van der Waals surface area contributed by atoms with Gasteiger partial charge in [-0.2, -0.15) is 15.0 Å². The number of ether oxygens (including phenoxy) is 1. The smallest absolute Gasteiger partial charge is 0.322 e. The molecule has 21 heavy (non-hydrogen) atoms. The van der Waals surface area contributed by atoms with Crippen LogP contribution in [-0.4, -0.2) is 59.3 Å². The van der Waals surface area contributed by atoms with Crippen molar-refractivity contribution in [3.63, 3.8) is 0 Å². The van der Waals surface area contributed by atoms with Gasteiger partial charge in [-0.25, -0.2) is 0 Å². The number of methoxy groups -OCH3 is 1. The highest BCUT2D eigenvalue weighted by Crippen LogP contribution is 2.22. The summed E-state index contributed by atoms with van der Waals surface area (Å²) in [6.07, 6.45) is 2.03. The van der Waals surface area contributed by atoms with Gasteiger partial charge in [0.1, 0.15) is 0 Å². The molecule has 0 aliphatic carbocycles. The first kappa shape index (κ1) is 15.7. The highest BCUT2D eigenvalue weighted by atomic mass is 35.5. The maximum atomic E-state index is 10.5. The second kappa shape index (κ2) is 7.37. The van der Waals surface area contributed by atoms with Gasteiger partial charge in [0, 0.05) is 19.6 Å². The van der Waals surface area contributed by atoms with Crippen LogP contribution in [0.1, 0.15) is 12.8 Å². The van der Waals surface area contributed by atoms with Crippen molar-refractivity contribution in [1.82, 2.24) is 20.3 Å². The van der Waals surface area contributed by atoms with Crippen molar-refractivity contribution >= 4 is 23.5 Å². The van der Waals surface area contributed by atoms with Crippen LogP contribution in [0.25, 0.3) is 0 Å². The molecule has 116 valence electrons. The summed E-state index contributed by atoms with van der Waals surface area (Å²) in [6, 6.07) is 0.191. The SMILES string of the molecule is COc1nc(Cl)nc(N2CCCC(CNCC(=O)O)C2)n1. The molecule has 0 amide bonds. The van der Waals surface area contributed by atoms with E-state index >= 15 is 0 Å². The number of aromatic nitrogens is 3. The summed E-state index contributed by atoms with van der Waals surface area (Å²) in [6.45, 7) is 2.20. The molecular weight excluding hydrogens is 298 g/mol. The van der Waals surface area contributed by atoms with Crippen LogP contribution in [0.4, 0.5) is 5.95 Å². The number of nitrogens with zero attached hydrogens (tertiary/aromatic N) is 4. The summed E-state index contributed by atoms with van der Waals surface area (Å²) < 4.78 is 4.99. The minimum atomic E-state index is -0.850. The van der Waals surface area contributed by atoms with E-state index in [0.717, 1.165) is 25.9 Å². The van der Waals surface area contributed by atoms with Crippen LogP contribution in [0.3, 0.4) is 0 Å². The lowest BCUT2D eigenvalue weighted by Crippen LogP contribution is -2.41. The average molecular weight is 316 g/mol. The molecule has 1 aliphatic heterocycles. The zero-order valence-corrected chi connectivity index (χ0v) is 12.5. The number of nitrogens with one attached hydrogen (secondary N) is 1. The molecule has 1 unspecified atom stereocenters. The highest BCUT2D eigenvalue weighted by molar-refractivity contribution is 6.28. The number of halogens is 1. The fraction of sp³-hybridized carbons (Fsp3) is 0.667. The van der Waals surface area contributed by atoms with E-state index in [1.807, 2.05) is 4.90 Å². The Morgan fingerprint density at radius 2 is 2.33 bits per heavy atom. The van der Waals surface area contributed by atoms with E-state index in [9.17, 15) is 4.79 Å². The quantitative estimate of drug-likeness (QED) is 0.779. The minimum Gasteiger partial charge on any atom is -0.480 e. The lowest BCUT2D eigenvalue weighted by atomic mass is 9.98. The number of hydrogen-bond donors (Lipinski definition) is 2. The summed E-state index contributed by atoms with van der Waals surface area (Å²) >= 11 is 5.86. The second-order valence-electron chi connectivity index (χ2n) is 4.87.